The van der Waals surface area contributed by atoms with E-state index in [0.29, 0.717) is 17.0 Å². The second-order valence-corrected chi connectivity index (χ2v) is 9.53. The Labute approximate surface area is 200 Å². The van der Waals surface area contributed by atoms with E-state index in [1.54, 1.807) is 24.3 Å². The molecule has 0 bridgehead atoms. The van der Waals surface area contributed by atoms with Crippen LogP contribution < -0.4 is 9.64 Å². The number of ketones is 1. The van der Waals surface area contributed by atoms with Crippen molar-refractivity contribution < 1.29 is 19.4 Å². The molecule has 1 amide bonds. The number of rotatable bonds is 4. The molecule has 174 valence electrons. The van der Waals surface area contributed by atoms with Crippen molar-refractivity contribution in [2.45, 2.75) is 39.2 Å². The normalized spacial score (nSPS) is 17.8. The molecule has 3 aromatic rings. The highest BCUT2D eigenvalue weighted by atomic mass is 16.5. The summed E-state index contributed by atoms with van der Waals surface area (Å²) < 4.78 is 5.49. The monoisotopic (exact) mass is 455 g/mol. The quantitative estimate of drug-likeness (QED) is 0.301. The highest BCUT2D eigenvalue weighted by molar-refractivity contribution is 6.52. The van der Waals surface area contributed by atoms with E-state index in [-0.39, 0.29) is 16.7 Å². The number of aliphatic hydroxyl groups is 1. The Morgan fingerprint density at radius 2 is 1.59 bits per heavy atom. The van der Waals surface area contributed by atoms with Crippen LogP contribution in [-0.4, -0.2) is 23.9 Å². The zero-order valence-electron chi connectivity index (χ0n) is 20.1. The average molecular weight is 456 g/mol. The van der Waals surface area contributed by atoms with E-state index in [9.17, 15) is 14.7 Å². The summed E-state index contributed by atoms with van der Waals surface area (Å²) in [5.41, 5.74) is 3.50. The molecule has 0 aromatic heterocycles. The second-order valence-electron chi connectivity index (χ2n) is 9.53. The second kappa shape index (κ2) is 8.82. The summed E-state index contributed by atoms with van der Waals surface area (Å²) in [5, 5.41) is 11.6. The zero-order valence-corrected chi connectivity index (χ0v) is 20.1. The van der Waals surface area contributed by atoms with Gasteiger partial charge in [-0.2, -0.15) is 0 Å². The first kappa shape index (κ1) is 23.3. The van der Waals surface area contributed by atoms with Gasteiger partial charge in [-0.25, -0.2) is 0 Å². The Morgan fingerprint density at radius 1 is 0.941 bits per heavy atom. The number of ether oxygens (including phenoxy) is 1. The van der Waals surface area contributed by atoms with Crippen LogP contribution in [0.5, 0.6) is 5.75 Å². The van der Waals surface area contributed by atoms with Crippen LogP contribution in [-0.2, 0) is 15.0 Å². The van der Waals surface area contributed by atoms with Gasteiger partial charge in [-0.1, -0.05) is 75.4 Å². The van der Waals surface area contributed by atoms with Gasteiger partial charge >= 0.3 is 0 Å². The molecule has 0 aliphatic carbocycles. The number of carbonyl (C=O) groups is 2. The lowest BCUT2D eigenvalue weighted by molar-refractivity contribution is -0.132. The fourth-order valence-corrected chi connectivity index (χ4v) is 4.35. The maximum absolute atomic E-state index is 13.4. The Kier molecular flexibility index (Phi) is 6.05. The molecule has 1 unspecified atom stereocenters. The third kappa shape index (κ3) is 3.98. The van der Waals surface area contributed by atoms with Gasteiger partial charge in [-0.05, 0) is 47.2 Å². The molecule has 1 fully saturated rings. The molecule has 1 heterocycles. The molecule has 1 aliphatic rings. The Hall–Kier alpha value is -3.86. The van der Waals surface area contributed by atoms with Crippen LogP contribution in [0.15, 0.2) is 78.4 Å². The molecule has 4 rings (SSSR count). The molecule has 0 spiro atoms. The number of carbonyl (C=O) groups excluding carboxylic acids is 2. The van der Waals surface area contributed by atoms with Gasteiger partial charge in [0.2, 0.25) is 0 Å². The molecule has 1 N–H and O–H groups in total. The molecule has 0 radical (unpaired) electrons. The lowest BCUT2D eigenvalue weighted by atomic mass is 9.84. The summed E-state index contributed by atoms with van der Waals surface area (Å²) in [6, 6.07) is 21.4. The number of aryl methyl sites for hydroxylation is 1. The van der Waals surface area contributed by atoms with E-state index < -0.39 is 17.7 Å². The van der Waals surface area contributed by atoms with E-state index in [0.717, 1.165) is 16.7 Å². The summed E-state index contributed by atoms with van der Waals surface area (Å²) >= 11 is 0. The van der Waals surface area contributed by atoms with E-state index >= 15 is 0 Å². The fourth-order valence-electron chi connectivity index (χ4n) is 4.35. The minimum Gasteiger partial charge on any atom is -0.507 e. The summed E-state index contributed by atoms with van der Waals surface area (Å²) in [6.07, 6.45) is 0. The molecule has 1 saturated heterocycles. The summed E-state index contributed by atoms with van der Waals surface area (Å²) in [5.74, 6) is -1.13. The van der Waals surface area contributed by atoms with Crippen molar-refractivity contribution >= 4 is 23.1 Å². The predicted molar refractivity (Wildman–Crippen MR) is 134 cm³/mol. The van der Waals surface area contributed by atoms with Crippen molar-refractivity contribution in [3.63, 3.8) is 0 Å². The molecular weight excluding hydrogens is 426 g/mol. The van der Waals surface area contributed by atoms with Crippen molar-refractivity contribution in [1.82, 2.24) is 0 Å². The van der Waals surface area contributed by atoms with Crippen molar-refractivity contribution in [2.24, 2.45) is 0 Å². The number of nitrogens with zero attached hydrogens (tertiary/aromatic N) is 1. The first-order valence-electron chi connectivity index (χ1n) is 11.3. The number of hydrogen-bond acceptors (Lipinski definition) is 4. The van der Waals surface area contributed by atoms with Crippen LogP contribution in [0.4, 0.5) is 5.69 Å². The van der Waals surface area contributed by atoms with Crippen molar-refractivity contribution in [3.8, 4) is 5.75 Å². The van der Waals surface area contributed by atoms with Gasteiger partial charge < -0.3 is 9.84 Å². The van der Waals surface area contributed by atoms with Crippen LogP contribution in [0.3, 0.4) is 0 Å². The number of Topliss-reactive ketones (excluding diaryl/α,β-unsaturated/α-hetero) is 1. The highest BCUT2D eigenvalue weighted by Crippen LogP contribution is 2.45. The standard InChI is InChI=1S/C29H29NO4/c1-18-15-16-20(29(2,3)4)17-21(18)26(31)24-25(19-11-7-6-8-12-19)30(28(33)27(24)32)22-13-9-10-14-23(22)34-5/h6-17,25,31H,1-5H3/b26-24+. The molecule has 5 heteroatoms. The molecule has 34 heavy (non-hydrogen) atoms. The van der Waals surface area contributed by atoms with Gasteiger partial charge in [0.05, 0.1) is 24.4 Å². The summed E-state index contributed by atoms with van der Waals surface area (Å²) in [4.78, 5) is 28.2. The maximum Gasteiger partial charge on any atom is 0.300 e. The maximum atomic E-state index is 13.4. The lowest BCUT2D eigenvalue weighted by Gasteiger charge is -2.27. The number of methoxy groups -OCH3 is 1. The smallest absolute Gasteiger partial charge is 0.300 e. The number of hydrogen-bond donors (Lipinski definition) is 1. The van der Waals surface area contributed by atoms with Gasteiger partial charge in [0.25, 0.3) is 11.7 Å². The number of aliphatic hydroxyl groups excluding tert-OH is 1. The fraction of sp³-hybridized carbons (Fsp3) is 0.241. The lowest BCUT2D eigenvalue weighted by Crippen LogP contribution is -2.29. The van der Waals surface area contributed by atoms with Crippen LogP contribution in [0.1, 0.15) is 49.1 Å². The topological polar surface area (TPSA) is 66.8 Å². The largest absolute Gasteiger partial charge is 0.507 e. The van der Waals surface area contributed by atoms with E-state index in [4.69, 9.17) is 4.74 Å². The predicted octanol–water partition coefficient (Wildman–Crippen LogP) is 5.93. The minimum absolute atomic E-state index is 0.0660. The third-order valence-electron chi connectivity index (χ3n) is 6.26. The summed E-state index contributed by atoms with van der Waals surface area (Å²) in [7, 11) is 1.52. The van der Waals surface area contributed by atoms with Crippen LogP contribution in [0, 0.1) is 6.92 Å². The van der Waals surface area contributed by atoms with Crippen molar-refractivity contribution in [3.05, 3.63) is 101 Å². The first-order valence-corrected chi connectivity index (χ1v) is 11.3. The van der Waals surface area contributed by atoms with Gasteiger partial charge in [-0.3, -0.25) is 14.5 Å². The average Bonchev–Trinajstić information content (AvgIpc) is 3.09. The minimum atomic E-state index is -0.796. The molecule has 0 saturated carbocycles. The number of anilines is 1. The number of para-hydroxylation sites is 2. The molecule has 5 nitrogen and oxygen atoms in total. The van der Waals surface area contributed by atoms with Crippen LogP contribution in [0.2, 0.25) is 0 Å². The summed E-state index contributed by atoms with van der Waals surface area (Å²) in [6.45, 7) is 8.15. The molecule has 3 aromatic carbocycles. The van der Waals surface area contributed by atoms with E-state index in [1.165, 1.54) is 12.0 Å². The van der Waals surface area contributed by atoms with Gasteiger partial charge in [0.15, 0.2) is 0 Å². The van der Waals surface area contributed by atoms with Crippen molar-refractivity contribution in [2.75, 3.05) is 12.0 Å². The Morgan fingerprint density at radius 3 is 2.24 bits per heavy atom. The van der Waals surface area contributed by atoms with Crippen LogP contribution >= 0.6 is 0 Å². The van der Waals surface area contributed by atoms with Gasteiger partial charge in [0.1, 0.15) is 11.5 Å². The highest BCUT2D eigenvalue weighted by Gasteiger charge is 2.47. The molecule has 1 atom stereocenters. The van der Waals surface area contributed by atoms with Crippen LogP contribution in [0.25, 0.3) is 5.76 Å². The third-order valence-corrected chi connectivity index (χ3v) is 6.26. The molecular formula is C29H29NO4. The van der Waals surface area contributed by atoms with Crippen molar-refractivity contribution in [1.29, 1.82) is 0 Å². The van der Waals surface area contributed by atoms with Gasteiger partial charge in [0, 0.05) is 5.56 Å². The first-order chi connectivity index (χ1) is 16.1. The SMILES string of the molecule is COc1ccccc1N1C(=O)C(=O)/C(=C(/O)c2cc(C(C)(C)C)ccc2C)C1c1ccccc1. The Balaban J connectivity index is 1.99. The number of benzene rings is 3. The number of amides is 1. The zero-order chi connectivity index (χ0) is 24.6. The van der Waals surface area contributed by atoms with Gasteiger partial charge in [-0.15, -0.1) is 0 Å². The van der Waals surface area contributed by atoms with E-state index in [2.05, 4.69) is 20.8 Å². The Bertz CT molecular complexity index is 1280. The molecule has 1 aliphatic heterocycles. The van der Waals surface area contributed by atoms with E-state index in [1.807, 2.05) is 55.5 Å².